The van der Waals surface area contributed by atoms with Crippen LogP contribution in [0.15, 0.2) is 0 Å². The fraction of sp³-hybridized carbons (Fsp3) is 0.933. The summed E-state index contributed by atoms with van der Waals surface area (Å²) in [5, 5.41) is 5.54. The molecule has 0 rings (SSSR count). The predicted octanol–water partition coefficient (Wildman–Crippen LogP) is 11.5. The second-order valence-electron chi connectivity index (χ2n) is 15.3. The van der Waals surface area contributed by atoms with E-state index in [0.29, 0.717) is 19.4 Å². The molecule has 0 spiro atoms. The Morgan fingerprint density at radius 3 is 1.43 bits per heavy atom. The highest BCUT2D eigenvalue weighted by Crippen LogP contribution is 2.18. The highest BCUT2D eigenvalue weighted by atomic mass is 16.5. The Kier molecular flexibility index (Phi) is 46.9. The van der Waals surface area contributed by atoms with Gasteiger partial charge in [0.25, 0.3) is 0 Å². The number of rotatable bonds is 41. The number of hydrogen-bond acceptors (Lipinski definition) is 7. The summed E-state index contributed by atoms with van der Waals surface area (Å²) in [6.45, 7) is 11.2. The van der Waals surface area contributed by atoms with Crippen LogP contribution in [-0.2, 0) is 23.9 Å². The van der Waals surface area contributed by atoms with E-state index >= 15 is 0 Å². The summed E-state index contributed by atoms with van der Waals surface area (Å²) in [6, 6.07) is 0. The molecule has 8 heteroatoms. The van der Waals surface area contributed by atoms with Gasteiger partial charge >= 0.3 is 11.9 Å². The minimum Gasteiger partial charge on any atom is -0.466 e. The minimum absolute atomic E-state index is 0.00731. The molecule has 0 fully saturated rings. The van der Waals surface area contributed by atoms with Gasteiger partial charge in [-0.2, -0.15) is 0 Å². The first-order valence-corrected chi connectivity index (χ1v) is 22.8. The number of nitrogens with zero attached hydrogens (tertiary/aromatic N) is 1. The van der Waals surface area contributed by atoms with Crippen molar-refractivity contribution >= 4 is 18.3 Å². The van der Waals surface area contributed by atoms with Crippen molar-refractivity contribution in [3.05, 3.63) is 0 Å². The van der Waals surface area contributed by atoms with Crippen LogP contribution in [-0.4, -0.2) is 76.2 Å². The molecule has 2 N–H and O–H groups in total. The van der Waals surface area contributed by atoms with Gasteiger partial charge in [-0.3, -0.25) is 14.4 Å². The highest BCUT2D eigenvalue weighted by molar-refractivity contribution is 5.69. The number of amides is 1. The molecular formula is C45H91N3O5. The van der Waals surface area contributed by atoms with Gasteiger partial charge in [0.1, 0.15) is 6.10 Å². The molecule has 1 unspecified atom stereocenters. The van der Waals surface area contributed by atoms with Crippen LogP contribution >= 0.6 is 0 Å². The molecule has 1 amide bonds. The standard InChI is InChI=1S/C43H84N2O5.C2H7N/c1-4-7-10-13-14-22-29-39-49-42(47)33-25-18-15-20-27-36-45(38-30-35-44-40-46)37-28-21-16-19-26-34-43(48)50-41(31-23-12-9-6-3)32-24-17-11-8-5-2;1-3-2/h40-41H,4-39H2,1-3H3,(H,44,46);3H,1-2H3. The fourth-order valence-electron chi connectivity index (χ4n) is 6.67. The van der Waals surface area contributed by atoms with Crippen molar-refractivity contribution < 1.29 is 23.9 Å². The molecule has 0 saturated carbocycles. The fourth-order valence-corrected chi connectivity index (χ4v) is 6.67. The Labute approximate surface area is 329 Å². The van der Waals surface area contributed by atoms with E-state index in [1.54, 1.807) is 0 Å². The van der Waals surface area contributed by atoms with Crippen molar-refractivity contribution in [3.8, 4) is 0 Å². The lowest BCUT2D eigenvalue weighted by atomic mass is 10.0. The van der Waals surface area contributed by atoms with Gasteiger partial charge in [0.15, 0.2) is 0 Å². The van der Waals surface area contributed by atoms with Crippen molar-refractivity contribution in [2.45, 2.75) is 226 Å². The summed E-state index contributed by atoms with van der Waals surface area (Å²) < 4.78 is 11.4. The molecule has 0 aromatic rings. The molecule has 53 heavy (non-hydrogen) atoms. The first kappa shape index (κ1) is 53.4. The van der Waals surface area contributed by atoms with Crippen molar-refractivity contribution in [2.75, 3.05) is 46.9 Å². The summed E-state index contributed by atoms with van der Waals surface area (Å²) in [6.07, 6.45) is 35.9. The molecule has 316 valence electrons. The third kappa shape index (κ3) is 44.6. The maximum absolute atomic E-state index is 12.6. The quantitative estimate of drug-likeness (QED) is 0.0364. The molecule has 0 aliphatic rings. The van der Waals surface area contributed by atoms with Crippen molar-refractivity contribution in [1.29, 1.82) is 0 Å². The van der Waals surface area contributed by atoms with Gasteiger partial charge in [0.2, 0.25) is 6.41 Å². The number of carbonyl (C=O) groups excluding carboxylic acids is 3. The first-order valence-electron chi connectivity index (χ1n) is 22.8. The van der Waals surface area contributed by atoms with Crippen molar-refractivity contribution in [2.24, 2.45) is 0 Å². The zero-order chi connectivity index (χ0) is 39.3. The van der Waals surface area contributed by atoms with Gasteiger partial charge in [-0.25, -0.2) is 0 Å². The smallest absolute Gasteiger partial charge is 0.306 e. The Morgan fingerprint density at radius 1 is 0.528 bits per heavy atom. The van der Waals surface area contributed by atoms with Crippen LogP contribution in [0.2, 0.25) is 0 Å². The molecule has 0 aliphatic heterocycles. The number of nitrogens with one attached hydrogen (secondary N) is 2. The topological polar surface area (TPSA) is 97.0 Å². The monoisotopic (exact) mass is 754 g/mol. The molecule has 1 atom stereocenters. The lowest BCUT2D eigenvalue weighted by Gasteiger charge is -2.22. The Balaban J connectivity index is 0. The van der Waals surface area contributed by atoms with E-state index in [4.69, 9.17) is 9.47 Å². The number of carbonyl (C=O) groups is 3. The third-order valence-corrected chi connectivity index (χ3v) is 9.91. The molecule has 0 aromatic heterocycles. The zero-order valence-corrected chi connectivity index (χ0v) is 36.1. The van der Waals surface area contributed by atoms with Gasteiger partial charge in [-0.15, -0.1) is 0 Å². The SMILES string of the molecule is CCCCCCCCCOC(=O)CCCCCCCN(CCCCCCCC(=O)OC(CCCCCC)CCCCCCC)CCCNC=O.CNC. The number of esters is 2. The van der Waals surface area contributed by atoms with Gasteiger partial charge < -0.3 is 25.0 Å². The van der Waals surface area contributed by atoms with Crippen LogP contribution < -0.4 is 10.6 Å². The minimum atomic E-state index is -0.0312. The molecule has 8 nitrogen and oxygen atoms in total. The van der Waals surface area contributed by atoms with Crippen LogP contribution in [0.1, 0.15) is 220 Å². The zero-order valence-electron chi connectivity index (χ0n) is 36.1. The molecule has 0 saturated heterocycles. The van der Waals surface area contributed by atoms with E-state index < -0.39 is 0 Å². The van der Waals surface area contributed by atoms with Crippen LogP contribution in [0.25, 0.3) is 0 Å². The van der Waals surface area contributed by atoms with Gasteiger partial charge in [0, 0.05) is 19.4 Å². The number of hydrogen-bond donors (Lipinski definition) is 2. The average Bonchev–Trinajstić information content (AvgIpc) is 3.15. The number of unbranched alkanes of at least 4 members (excludes halogenated alkanes) is 21. The van der Waals surface area contributed by atoms with Crippen LogP contribution in [0, 0.1) is 0 Å². The lowest BCUT2D eigenvalue weighted by molar-refractivity contribution is -0.150. The summed E-state index contributed by atoms with van der Waals surface area (Å²) in [5.41, 5.74) is 0. The third-order valence-electron chi connectivity index (χ3n) is 9.91. The van der Waals surface area contributed by atoms with Gasteiger partial charge in [0.05, 0.1) is 6.61 Å². The predicted molar refractivity (Wildman–Crippen MR) is 226 cm³/mol. The van der Waals surface area contributed by atoms with E-state index in [-0.39, 0.29) is 18.0 Å². The summed E-state index contributed by atoms with van der Waals surface area (Å²) in [4.78, 5) is 37.9. The molecular weight excluding hydrogens is 663 g/mol. The molecule has 0 radical (unpaired) electrons. The summed E-state index contributed by atoms with van der Waals surface area (Å²) in [5.74, 6) is -0.0239. The van der Waals surface area contributed by atoms with Crippen LogP contribution in [0.5, 0.6) is 0 Å². The van der Waals surface area contributed by atoms with E-state index in [9.17, 15) is 14.4 Å². The molecule has 0 bridgehead atoms. The van der Waals surface area contributed by atoms with Crippen molar-refractivity contribution in [3.63, 3.8) is 0 Å². The Hall–Kier alpha value is -1.67. The average molecular weight is 754 g/mol. The van der Waals surface area contributed by atoms with E-state index in [2.05, 4.69) is 36.3 Å². The van der Waals surface area contributed by atoms with E-state index in [1.807, 2.05) is 14.1 Å². The Bertz CT molecular complexity index is 754. The molecule has 0 aliphatic carbocycles. The van der Waals surface area contributed by atoms with E-state index in [0.717, 1.165) is 96.8 Å². The first-order chi connectivity index (χ1) is 26.0. The Morgan fingerprint density at radius 2 is 0.925 bits per heavy atom. The van der Waals surface area contributed by atoms with Crippen molar-refractivity contribution in [1.82, 2.24) is 15.5 Å². The molecule has 0 heterocycles. The largest absolute Gasteiger partial charge is 0.466 e. The maximum Gasteiger partial charge on any atom is 0.306 e. The lowest BCUT2D eigenvalue weighted by Crippen LogP contribution is -2.29. The summed E-state index contributed by atoms with van der Waals surface area (Å²) >= 11 is 0. The maximum atomic E-state index is 12.6. The number of ether oxygens (including phenoxy) is 2. The van der Waals surface area contributed by atoms with E-state index in [1.165, 1.54) is 122 Å². The van der Waals surface area contributed by atoms with Gasteiger partial charge in [-0.05, 0) is 97.9 Å². The summed E-state index contributed by atoms with van der Waals surface area (Å²) in [7, 11) is 3.75. The highest BCUT2D eigenvalue weighted by Gasteiger charge is 2.14. The second kappa shape index (κ2) is 46.5. The second-order valence-corrected chi connectivity index (χ2v) is 15.3. The van der Waals surface area contributed by atoms with Crippen LogP contribution in [0.3, 0.4) is 0 Å². The van der Waals surface area contributed by atoms with Gasteiger partial charge in [-0.1, -0.05) is 143 Å². The molecule has 0 aromatic carbocycles. The normalized spacial score (nSPS) is 11.6. The van der Waals surface area contributed by atoms with Crippen LogP contribution in [0.4, 0.5) is 0 Å².